The van der Waals surface area contributed by atoms with Gasteiger partial charge >= 0.3 is 0 Å². The number of carbonyl (C=O) groups excluding carboxylic acids is 1. The zero-order valence-electron chi connectivity index (χ0n) is 12.4. The maximum atomic E-state index is 11.5. The molecule has 2 rings (SSSR count). The molecule has 1 fully saturated rings. The zero-order chi connectivity index (χ0) is 14.5. The van der Waals surface area contributed by atoms with E-state index in [1.54, 1.807) is 6.92 Å². The summed E-state index contributed by atoms with van der Waals surface area (Å²) in [6.07, 6.45) is 2.59. The van der Waals surface area contributed by atoms with Crippen molar-refractivity contribution in [1.29, 1.82) is 0 Å². The largest absolute Gasteiger partial charge is 0.325 e. The molecule has 1 aromatic carbocycles. The molecule has 1 amide bonds. The van der Waals surface area contributed by atoms with E-state index in [2.05, 4.69) is 29.3 Å². The number of hydrogen-bond acceptors (Lipinski definition) is 3. The van der Waals surface area contributed by atoms with E-state index in [1.165, 1.54) is 31.5 Å². The van der Waals surface area contributed by atoms with Gasteiger partial charge < -0.3 is 11.1 Å². The summed E-state index contributed by atoms with van der Waals surface area (Å²) in [7, 11) is 0. The minimum Gasteiger partial charge on any atom is -0.325 e. The number of nitrogens with zero attached hydrogens (tertiary/aromatic N) is 1. The standard InChI is InChI=1S/C16H25N3O/c1-12-7-9-19(10-8-12)11-14-3-5-15(6-4-14)18-16(20)13(2)17/h3-6,12-13H,7-11,17H2,1-2H3,(H,18,20)/t13-/m1/s1. The molecule has 0 aliphatic carbocycles. The fourth-order valence-corrected chi connectivity index (χ4v) is 2.43. The van der Waals surface area contributed by atoms with Gasteiger partial charge in [-0.15, -0.1) is 0 Å². The van der Waals surface area contributed by atoms with Crippen LogP contribution in [0.4, 0.5) is 5.69 Å². The molecule has 1 atom stereocenters. The second kappa shape index (κ2) is 6.86. The van der Waals surface area contributed by atoms with E-state index in [1.807, 2.05) is 12.1 Å². The first-order chi connectivity index (χ1) is 9.54. The number of nitrogens with two attached hydrogens (primary N) is 1. The highest BCUT2D eigenvalue weighted by Gasteiger charge is 2.15. The average molecular weight is 275 g/mol. The molecule has 0 unspecified atom stereocenters. The predicted octanol–water partition coefficient (Wildman–Crippen LogP) is 2.20. The van der Waals surface area contributed by atoms with Gasteiger partial charge in [-0.25, -0.2) is 0 Å². The molecular formula is C16H25N3O. The van der Waals surface area contributed by atoms with Gasteiger partial charge in [-0.3, -0.25) is 9.69 Å². The Labute approximate surface area is 121 Å². The van der Waals surface area contributed by atoms with Crippen LogP contribution in [0.2, 0.25) is 0 Å². The van der Waals surface area contributed by atoms with Crippen molar-refractivity contribution in [2.75, 3.05) is 18.4 Å². The number of rotatable bonds is 4. The van der Waals surface area contributed by atoms with Crippen molar-refractivity contribution in [3.8, 4) is 0 Å². The Morgan fingerprint density at radius 1 is 1.35 bits per heavy atom. The van der Waals surface area contributed by atoms with Gasteiger partial charge in [0, 0.05) is 12.2 Å². The van der Waals surface area contributed by atoms with Gasteiger partial charge in [0.05, 0.1) is 6.04 Å². The van der Waals surface area contributed by atoms with E-state index >= 15 is 0 Å². The van der Waals surface area contributed by atoms with Crippen LogP contribution in [0.3, 0.4) is 0 Å². The molecule has 1 saturated heterocycles. The quantitative estimate of drug-likeness (QED) is 0.885. The first-order valence-corrected chi connectivity index (χ1v) is 7.42. The Morgan fingerprint density at radius 2 is 1.95 bits per heavy atom. The van der Waals surface area contributed by atoms with Crippen LogP contribution in [0.25, 0.3) is 0 Å². The molecule has 0 radical (unpaired) electrons. The molecule has 20 heavy (non-hydrogen) atoms. The second-order valence-corrected chi connectivity index (χ2v) is 5.93. The predicted molar refractivity (Wildman–Crippen MR) is 82.4 cm³/mol. The molecule has 4 nitrogen and oxygen atoms in total. The van der Waals surface area contributed by atoms with E-state index in [0.29, 0.717) is 0 Å². The molecule has 0 spiro atoms. The smallest absolute Gasteiger partial charge is 0.240 e. The van der Waals surface area contributed by atoms with Gasteiger partial charge in [0.15, 0.2) is 0 Å². The van der Waals surface area contributed by atoms with Crippen LogP contribution in [0.1, 0.15) is 32.3 Å². The molecule has 1 heterocycles. The number of hydrogen-bond donors (Lipinski definition) is 2. The molecule has 4 heteroatoms. The average Bonchev–Trinajstić information content (AvgIpc) is 2.43. The number of likely N-dealkylation sites (tertiary alicyclic amines) is 1. The molecular weight excluding hydrogens is 250 g/mol. The number of carbonyl (C=O) groups is 1. The van der Waals surface area contributed by atoms with Crippen LogP contribution < -0.4 is 11.1 Å². The second-order valence-electron chi connectivity index (χ2n) is 5.93. The third-order valence-corrected chi connectivity index (χ3v) is 3.92. The van der Waals surface area contributed by atoms with Crippen molar-refractivity contribution in [2.45, 2.75) is 39.3 Å². The summed E-state index contributed by atoms with van der Waals surface area (Å²) in [6.45, 7) is 7.37. The molecule has 110 valence electrons. The van der Waals surface area contributed by atoms with Gasteiger partial charge in [-0.1, -0.05) is 19.1 Å². The summed E-state index contributed by atoms with van der Waals surface area (Å²) in [5, 5.41) is 2.80. The highest BCUT2D eigenvalue weighted by atomic mass is 16.2. The Hall–Kier alpha value is -1.39. The summed E-state index contributed by atoms with van der Waals surface area (Å²) in [4.78, 5) is 14.0. The van der Waals surface area contributed by atoms with Crippen molar-refractivity contribution < 1.29 is 4.79 Å². The highest BCUT2D eigenvalue weighted by molar-refractivity contribution is 5.94. The summed E-state index contributed by atoms with van der Waals surface area (Å²) >= 11 is 0. The van der Waals surface area contributed by atoms with Crippen LogP contribution in [-0.4, -0.2) is 29.9 Å². The van der Waals surface area contributed by atoms with Gasteiger partial charge in [-0.05, 0) is 56.5 Å². The summed E-state index contributed by atoms with van der Waals surface area (Å²) in [5.74, 6) is 0.713. The van der Waals surface area contributed by atoms with E-state index in [9.17, 15) is 4.79 Å². The fraction of sp³-hybridized carbons (Fsp3) is 0.562. The van der Waals surface area contributed by atoms with Crippen molar-refractivity contribution in [3.05, 3.63) is 29.8 Å². The minimum atomic E-state index is -0.481. The number of benzene rings is 1. The highest BCUT2D eigenvalue weighted by Crippen LogP contribution is 2.19. The molecule has 1 aliphatic rings. The molecule has 1 aliphatic heterocycles. The van der Waals surface area contributed by atoms with E-state index in [4.69, 9.17) is 5.73 Å². The lowest BCUT2D eigenvalue weighted by molar-refractivity contribution is -0.117. The Morgan fingerprint density at radius 3 is 2.50 bits per heavy atom. The summed E-state index contributed by atoms with van der Waals surface area (Å²) in [5.41, 5.74) is 7.63. The van der Waals surface area contributed by atoms with Gasteiger partial charge in [0.25, 0.3) is 0 Å². The normalized spacial score (nSPS) is 18.8. The van der Waals surface area contributed by atoms with Crippen molar-refractivity contribution in [1.82, 2.24) is 4.90 Å². The Kier molecular flexibility index (Phi) is 5.15. The summed E-state index contributed by atoms with van der Waals surface area (Å²) < 4.78 is 0. The van der Waals surface area contributed by atoms with Gasteiger partial charge in [-0.2, -0.15) is 0 Å². The van der Waals surface area contributed by atoms with Crippen molar-refractivity contribution in [3.63, 3.8) is 0 Å². The first kappa shape index (κ1) is 15.0. The van der Waals surface area contributed by atoms with E-state index in [0.717, 1.165) is 18.2 Å². The van der Waals surface area contributed by atoms with E-state index in [-0.39, 0.29) is 5.91 Å². The minimum absolute atomic E-state index is 0.150. The zero-order valence-corrected chi connectivity index (χ0v) is 12.4. The number of nitrogens with one attached hydrogen (secondary N) is 1. The van der Waals surface area contributed by atoms with Crippen LogP contribution in [0.5, 0.6) is 0 Å². The Bertz CT molecular complexity index is 434. The third-order valence-electron chi connectivity index (χ3n) is 3.92. The maximum absolute atomic E-state index is 11.5. The molecule has 3 N–H and O–H groups in total. The topological polar surface area (TPSA) is 58.4 Å². The van der Waals surface area contributed by atoms with Gasteiger partial charge in [0.2, 0.25) is 5.91 Å². The molecule has 1 aromatic rings. The van der Waals surface area contributed by atoms with Crippen LogP contribution >= 0.6 is 0 Å². The lowest BCUT2D eigenvalue weighted by Gasteiger charge is -2.30. The molecule has 0 aromatic heterocycles. The molecule has 0 saturated carbocycles. The monoisotopic (exact) mass is 275 g/mol. The summed E-state index contributed by atoms with van der Waals surface area (Å²) in [6, 6.07) is 7.57. The number of anilines is 1. The molecule has 0 bridgehead atoms. The lowest BCUT2D eigenvalue weighted by Crippen LogP contribution is -2.32. The van der Waals surface area contributed by atoms with Crippen LogP contribution in [0, 0.1) is 5.92 Å². The van der Waals surface area contributed by atoms with Crippen LogP contribution in [-0.2, 0) is 11.3 Å². The fourth-order valence-electron chi connectivity index (χ4n) is 2.43. The number of piperidine rings is 1. The number of amides is 1. The van der Waals surface area contributed by atoms with Crippen molar-refractivity contribution >= 4 is 11.6 Å². The first-order valence-electron chi connectivity index (χ1n) is 7.42. The van der Waals surface area contributed by atoms with E-state index < -0.39 is 6.04 Å². The third kappa shape index (κ3) is 4.32. The van der Waals surface area contributed by atoms with Crippen molar-refractivity contribution in [2.24, 2.45) is 11.7 Å². The SMILES string of the molecule is CC1CCN(Cc2ccc(NC(=O)[C@@H](C)N)cc2)CC1. The van der Waals surface area contributed by atoms with Crippen LogP contribution in [0.15, 0.2) is 24.3 Å². The lowest BCUT2D eigenvalue weighted by atomic mass is 9.99. The van der Waals surface area contributed by atoms with Gasteiger partial charge in [0.1, 0.15) is 0 Å². The maximum Gasteiger partial charge on any atom is 0.240 e. The Balaban J connectivity index is 1.87.